The fraction of sp³-hybridized carbons (Fsp3) is 0. The number of hydrogen-bond donors (Lipinski definition) is 0. The number of benzene rings is 1. The van der Waals surface area contributed by atoms with E-state index in [-0.39, 0.29) is 0 Å². The second-order valence-electron chi connectivity index (χ2n) is 3.33. The molecule has 2 heterocycles. The van der Waals surface area contributed by atoms with E-state index >= 15 is 0 Å². The van der Waals surface area contributed by atoms with Crippen LogP contribution in [0.15, 0.2) is 47.2 Å². The van der Waals surface area contributed by atoms with Crippen molar-refractivity contribution in [3.05, 3.63) is 47.2 Å². The summed E-state index contributed by atoms with van der Waals surface area (Å²) in [7, 11) is 0. The van der Waals surface area contributed by atoms with Gasteiger partial charge in [0, 0.05) is 27.6 Å². The Kier molecular flexibility index (Phi) is 1.92. The molecular weight excluding hydrogens is 252 g/mol. The summed E-state index contributed by atoms with van der Waals surface area (Å²) in [6.45, 7) is 0. The highest BCUT2D eigenvalue weighted by Gasteiger charge is 2.04. The zero-order valence-corrected chi connectivity index (χ0v) is 9.40. The minimum Gasteiger partial charge on any atom is -0.256 e. The predicted molar refractivity (Wildman–Crippen MR) is 64.7 cm³/mol. The van der Waals surface area contributed by atoms with Crippen molar-refractivity contribution < 1.29 is 0 Å². The SMILES string of the molecule is Brc1cc2ncccc2c2ncccc12. The molecule has 1 aromatic carbocycles. The Labute approximate surface area is 95.1 Å². The number of pyridine rings is 2. The molecule has 0 spiro atoms. The Bertz CT molecular complexity index is 649. The van der Waals surface area contributed by atoms with E-state index in [0.29, 0.717) is 0 Å². The van der Waals surface area contributed by atoms with E-state index in [2.05, 4.69) is 32.0 Å². The van der Waals surface area contributed by atoms with Crippen LogP contribution in [0.3, 0.4) is 0 Å². The number of nitrogens with zero attached hydrogens (tertiary/aromatic N) is 2. The lowest BCUT2D eigenvalue weighted by Gasteiger charge is -2.03. The lowest BCUT2D eigenvalue weighted by Crippen LogP contribution is -1.84. The minimum absolute atomic E-state index is 0.968. The Morgan fingerprint density at radius 2 is 1.67 bits per heavy atom. The van der Waals surface area contributed by atoms with Gasteiger partial charge >= 0.3 is 0 Å². The largest absolute Gasteiger partial charge is 0.256 e. The first-order valence-corrected chi connectivity index (χ1v) is 5.43. The van der Waals surface area contributed by atoms with Crippen molar-refractivity contribution in [2.45, 2.75) is 0 Å². The molecule has 3 heteroatoms. The molecule has 0 aliphatic rings. The standard InChI is InChI=1S/C12H7BrN2/c13-10-7-11-9(4-2-5-14-11)12-8(10)3-1-6-15-12/h1-7H. The first kappa shape index (κ1) is 8.80. The van der Waals surface area contributed by atoms with E-state index in [0.717, 1.165) is 26.3 Å². The first-order chi connectivity index (χ1) is 7.36. The summed E-state index contributed by atoms with van der Waals surface area (Å²) >= 11 is 3.54. The van der Waals surface area contributed by atoms with Gasteiger partial charge in [0.25, 0.3) is 0 Å². The Morgan fingerprint density at radius 3 is 2.53 bits per heavy atom. The van der Waals surface area contributed by atoms with Crippen molar-refractivity contribution >= 4 is 37.7 Å². The topological polar surface area (TPSA) is 25.8 Å². The summed E-state index contributed by atoms with van der Waals surface area (Å²) in [5.74, 6) is 0. The van der Waals surface area contributed by atoms with Crippen LogP contribution in [0.2, 0.25) is 0 Å². The van der Waals surface area contributed by atoms with Gasteiger partial charge in [-0.1, -0.05) is 22.0 Å². The monoisotopic (exact) mass is 258 g/mol. The average Bonchev–Trinajstić information content (AvgIpc) is 2.30. The summed E-state index contributed by atoms with van der Waals surface area (Å²) in [6, 6.07) is 10.0. The summed E-state index contributed by atoms with van der Waals surface area (Å²) in [5, 5.41) is 2.22. The highest BCUT2D eigenvalue weighted by Crippen LogP contribution is 2.28. The Morgan fingerprint density at radius 1 is 0.933 bits per heavy atom. The van der Waals surface area contributed by atoms with Crippen LogP contribution in [-0.4, -0.2) is 9.97 Å². The maximum Gasteiger partial charge on any atom is 0.0807 e. The summed E-state index contributed by atoms with van der Waals surface area (Å²) in [6.07, 6.45) is 3.60. The lowest BCUT2D eigenvalue weighted by atomic mass is 10.1. The molecule has 0 aliphatic heterocycles. The molecule has 72 valence electrons. The van der Waals surface area contributed by atoms with Crippen LogP contribution < -0.4 is 0 Å². The van der Waals surface area contributed by atoms with Gasteiger partial charge in [-0.2, -0.15) is 0 Å². The second kappa shape index (κ2) is 3.28. The van der Waals surface area contributed by atoms with Crippen molar-refractivity contribution in [1.29, 1.82) is 0 Å². The molecule has 3 rings (SSSR count). The van der Waals surface area contributed by atoms with E-state index in [1.165, 1.54) is 0 Å². The van der Waals surface area contributed by atoms with E-state index in [9.17, 15) is 0 Å². The number of halogens is 1. The second-order valence-corrected chi connectivity index (χ2v) is 4.18. The normalized spacial score (nSPS) is 11.0. The van der Waals surface area contributed by atoms with Gasteiger partial charge in [0.1, 0.15) is 0 Å². The van der Waals surface area contributed by atoms with Crippen LogP contribution in [0.25, 0.3) is 21.8 Å². The van der Waals surface area contributed by atoms with E-state index in [4.69, 9.17) is 0 Å². The van der Waals surface area contributed by atoms with Gasteiger partial charge in [0.05, 0.1) is 11.0 Å². The van der Waals surface area contributed by atoms with Crippen LogP contribution in [-0.2, 0) is 0 Å². The number of rotatable bonds is 0. The zero-order valence-electron chi connectivity index (χ0n) is 7.81. The Hall–Kier alpha value is -1.48. The molecule has 0 saturated heterocycles. The van der Waals surface area contributed by atoms with Crippen molar-refractivity contribution in [2.24, 2.45) is 0 Å². The quantitative estimate of drug-likeness (QED) is 0.577. The van der Waals surface area contributed by atoms with E-state index in [1.807, 2.05) is 24.3 Å². The van der Waals surface area contributed by atoms with Gasteiger partial charge in [-0.05, 0) is 24.3 Å². The van der Waals surface area contributed by atoms with Crippen molar-refractivity contribution in [3.8, 4) is 0 Å². The predicted octanol–water partition coefficient (Wildman–Crippen LogP) is 3.55. The third-order valence-electron chi connectivity index (χ3n) is 2.42. The molecule has 0 atom stereocenters. The van der Waals surface area contributed by atoms with Crippen molar-refractivity contribution in [2.75, 3.05) is 0 Å². The molecule has 2 nitrogen and oxygen atoms in total. The van der Waals surface area contributed by atoms with E-state index < -0.39 is 0 Å². The molecule has 0 unspecified atom stereocenters. The lowest BCUT2D eigenvalue weighted by molar-refractivity contribution is 1.39. The summed E-state index contributed by atoms with van der Waals surface area (Å²) in [5.41, 5.74) is 1.96. The molecule has 0 amide bonds. The van der Waals surface area contributed by atoms with Crippen LogP contribution >= 0.6 is 15.9 Å². The number of fused-ring (bicyclic) bond motifs is 3. The smallest absolute Gasteiger partial charge is 0.0807 e. The third-order valence-corrected chi connectivity index (χ3v) is 3.08. The van der Waals surface area contributed by atoms with Crippen LogP contribution in [0, 0.1) is 0 Å². The Balaban J connectivity index is 2.64. The molecule has 0 fully saturated rings. The highest BCUT2D eigenvalue weighted by molar-refractivity contribution is 9.10. The number of aromatic nitrogens is 2. The van der Waals surface area contributed by atoms with Crippen LogP contribution in [0.5, 0.6) is 0 Å². The molecule has 0 aliphatic carbocycles. The molecule has 3 aromatic rings. The summed E-state index contributed by atoms with van der Waals surface area (Å²) < 4.78 is 1.04. The molecule has 2 aromatic heterocycles. The van der Waals surface area contributed by atoms with Gasteiger partial charge in [0.15, 0.2) is 0 Å². The van der Waals surface area contributed by atoms with Gasteiger partial charge < -0.3 is 0 Å². The molecular formula is C12H7BrN2. The van der Waals surface area contributed by atoms with Crippen molar-refractivity contribution in [3.63, 3.8) is 0 Å². The van der Waals surface area contributed by atoms with Crippen LogP contribution in [0.1, 0.15) is 0 Å². The van der Waals surface area contributed by atoms with E-state index in [1.54, 1.807) is 12.4 Å². The molecule has 15 heavy (non-hydrogen) atoms. The molecule has 0 saturated carbocycles. The zero-order chi connectivity index (χ0) is 10.3. The van der Waals surface area contributed by atoms with Gasteiger partial charge in [0.2, 0.25) is 0 Å². The summed E-state index contributed by atoms with van der Waals surface area (Å²) in [4.78, 5) is 8.72. The van der Waals surface area contributed by atoms with Gasteiger partial charge in [-0.15, -0.1) is 0 Å². The average molecular weight is 259 g/mol. The van der Waals surface area contributed by atoms with Crippen LogP contribution in [0.4, 0.5) is 0 Å². The van der Waals surface area contributed by atoms with Gasteiger partial charge in [-0.25, -0.2) is 0 Å². The fourth-order valence-electron chi connectivity index (χ4n) is 1.74. The number of hydrogen-bond acceptors (Lipinski definition) is 2. The highest BCUT2D eigenvalue weighted by atomic mass is 79.9. The van der Waals surface area contributed by atoms with Crippen molar-refractivity contribution in [1.82, 2.24) is 9.97 Å². The fourth-order valence-corrected chi connectivity index (χ4v) is 2.28. The van der Waals surface area contributed by atoms with Gasteiger partial charge in [-0.3, -0.25) is 9.97 Å². The molecule has 0 radical (unpaired) electrons. The first-order valence-electron chi connectivity index (χ1n) is 4.64. The third kappa shape index (κ3) is 1.31. The maximum atomic E-state index is 4.40. The maximum absolute atomic E-state index is 4.40. The minimum atomic E-state index is 0.968. The molecule has 0 bridgehead atoms. The molecule has 0 N–H and O–H groups in total.